The van der Waals surface area contributed by atoms with Gasteiger partial charge in [0.05, 0.1) is 33.1 Å². The van der Waals surface area contributed by atoms with E-state index in [1.54, 1.807) is 0 Å². The van der Waals surface area contributed by atoms with Gasteiger partial charge < -0.3 is 13.2 Å². The average molecular weight is 495 g/mol. The molecule has 0 N–H and O–H groups in total. The van der Waals surface area contributed by atoms with Gasteiger partial charge in [0.15, 0.2) is 0 Å². The summed E-state index contributed by atoms with van der Waals surface area (Å²) in [5, 5.41) is 12.8. The molecule has 0 atom stereocenters. The molecular formula is C36H18N2O. The number of hydrogen-bond donors (Lipinski definition) is 0. The number of furan rings is 1. The summed E-state index contributed by atoms with van der Waals surface area (Å²) in [6.07, 6.45) is 0. The van der Waals surface area contributed by atoms with Crippen LogP contribution in [-0.2, 0) is 0 Å². The average Bonchev–Trinajstić information content (AvgIpc) is 3.76. The Morgan fingerprint density at radius 1 is 0.359 bits per heavy atom. The molecule has 0 unspecified atom stereocenters. The Bertz CT molecular complexity index is 2820. The van der Waals surface area contributed by atoms with Gasteiger partial charge in [0.2, 0.25) is 0 Å². The molecule has 0 bridgehead atoms. The van der Waals surface area contributed by atoms with Gasteiger partial charge >= 0.3 is 0 Å². The molecule has 3 nitrogen and oxygen atoms in total. The number of aromatic nitrogens is 2. The summed E-state index contributed by atoms with van der Waals surface area (Å²) in [4.78, 5) is 0. The van der Waals surface area contributed by atoms with Crippen LogP contribution >= 0.6 is 0 Å². The van der Waals surface area contributed by atoms with Crippen LogP contribution in [0.3, 0.4) is 0 Å². The molecule has 5 aromatic heterocycles. The van der Waals surface area contributed by atoms with Crippen molar-refractivity contribution < 1.29 is 4.42 Å². The smallest absolute Gasteiger partial charge is 0.136 e. The van der Waals surface area contributed by atoms with Crippen LogP contribution in [0.15, 0.2) is 114 Å². The number of nitrogens with zero attached hydrogens (tertiary/aromatic N) is 2. The van der Waals surface area contributed by atoms with Crippen LogP contribution in [0.1, 0.15) is 0 Å². The van der Waals surface area contributed by atoms with Gasteiger partial charge in [0.1, 0.15) is 11.2 Å². The highest BCUT2D eigenvalue weighted by Crippen LogP contribution is 2.50. The van der Waals surface area contributed by atoms with Crippen LogP contribution in [-0.4, -0.2) is 8.80 Å². The Morgan fingerprint density at radius 2 is 0.897 bits per heavy atom. The van der Waals surface area contributed by atoms with E-state index >= 15 is 0 Å². The Labute approximate surface area is 220 Å². The number of hydrogen-bond acceptors (Lipinski definition) is 1. The van der Waals surface area contributed by atoms with E-state index in [4.69, 9.17) is 4.42 Å². The molecule has 0 fully saturated rings. The van der Waals surface area contributed by atoms with Crippen LogP contribution in [0.25, 0.3) is 98.1 Å². The van der Waals surface area contributed by atoms with E-state index in [2.05, 4.69) is 118 Å². The maximum atomic E-state index is 6.54. The number of benzene rings is 6. The van der Waals surface area contributed by atoms with E-state index in [0.29, 0.717) is 0 Å². The van der Waals surface area contributed by atoms with Crippen LogP contribution in [0.4, 0.5) is 0 Å². The highest BCUT2D eigenvalue weighted by Gasteiger charge is 2.27. The molecule has 0 aliphatic rings. The molecule has 3 heteroatoms. The van der Waals surface area contributed by atoms with Gasteiger partial charge in [-0.15, -0.1) is 0 Å². The summed E-state index contributed by atoms with van der Waals surface area (Å²) >= 11 is 0. The molecule has 178 valence electrons. The van der Waals surface area contributed by atoms with E-state index in [-0.39, 0.29) is 0 Å². The molecule has 0 radical (unpaired) electrons. The first-order valence-corrected chi connectivity index (χ1v) is 13.5. The molecule has 39 heavy (non-hydrogen) atoms. The highest BCUT2D eigenvalue weighted by atomic mass is 16.3. The first-order valence-electron chi connectivity index (χ1n) is 13.5. The van der Waals surface area contributed by atoms with Crippen molar-refractivity contribution in [3.8, 4) is 0 Å². The van der Waals surface area contributed by atoms with Gasteiger partial charge in [-0.25, -0.2) is 0 Å². The monoisotopic (exact) mass is 494 g/mol. The second-order valence-electron chi connectivity index (χ2n) is 10.9. The lowest BCUT2D eigenvalue weighted by Gasteiger charge is -2.02. The fraction of sp³-hybridized carbons (Fsp3) is 0. The summed E-state index contributed by atoms with van der Waals surface area (Å²) in [6, 6.07) is 39.7. The summed E-state index contributed by atoms with van der Waals surface area (Å²) in [7, 11) is 0. The lowest BCUT2D eigenvalue weighted by molar-refractivity contribution is 0.669. The molecule has 11 rings (SSSR count). The zero-order valence-corrected chi connectivity index (χ0v) is 20.7. The van der Waals surface area contributed by atoms with Crippen LogP contribution < -0.4 is 0 Å². The van der Waals surface area contributed by atoms with E-state index in [1.807, 2.05) is 0 Å². The van der Waals surface area contributed by atoms with Gasteiger partial charge in [-0.05, 0) is 36.4 Å². The van der Waals surface area contributed by atoms with Crippen LogP contribution in [0.5, 0.6) is 0 Å². The van der Waals surface area contributed by atoms with Gasteiger partial charge in [-0.1, -0.05) is 72.8 Å². The first-order chi connectivity index (χ1) is 19.4. The maximum absolute atomic E-state index is 6.54. The van der Waals surface area contributed by atoms with Gasteiger partial charge in [0, 0.05) is 53.9 Å². The van der Waals surface area contributed by atoms with Crippen molar-refractivity contribution in [3.05, 3.63) is 109 Å². The summed E-state index contributed by atoms with van der Waals surface area (Å²) in [5.74, 6) is 0. The second-order valence-corrected chi connectivity index (χ2v) is 10.9. The fourth-order valence-corrected chi connectivity index (χ4v) is 7.77. The van der Waals surface area contributed by atoms with Gasteiger partial charge in [-0.2, -0.15) is 0 Å². The summed E-state index contributed by atoms with van der Waals surface area (Å²) < 4.78 is 11.5. The summed E-state index contributed by atoms with van der Waals surface area (Å²) in [6.45, 7) is 0. The lowest BCUT2D eigenvalue weighted by atomic mass is 9.99. The van der Waals surface area contributed by atoms with E-state index in [1.165, 1.54) is 87.0 Å². The molecule has 6 aromatic carbocycles. The maximum Gasteiger partial charge on any atom is 0.136 e. The van der Waals surface area contributed by atoms with Crippen molar-refractivity contribution in [1.82, 2.24) is 8.80 Å². The van der Waals surface area contributed by atoms with Crippen molar-refractivity contribution in [1.29, 1.82) is 0 Å². The summed E-state index contributed by atoms with van der Waals surface area (Å²) in [5.41, 5.74) is 9.51. The van der Waals surface area contributed by atoms with E-state index in [0.717, 1.165) is 11.2 Å². The van der Waals surface area contributed by atoms with E-state index in [9.17, 15) is 0 Å². The number of para-hydroxylation sites is 4. The Kier molecular flexibility index (Phi) is 2.93. The molecule has 0 saturated carbocycles. The van der Waals surface area contributed by atoms with E-state index < -0.39 is 0 Å². The normalized spacial score (nSPS) is 13.1. The first kappa shape index (κ1) is 18.9. The quantitative estimate of drug-likeness (QED) is 0.206. The van der Waals surface area contributed by atoms with Crippen LogP contribution in [0.2, 0.25) is 0 Å². The lowest BCUT2D eigenvalue weighted by Crippen LogP contribution is -1.81. The molecule has 5 heterocycles. The van der Waals surface area contributed by atoms with Crippen molar-refractivity contribution >= 4 is 98.1 Å². The van der Waals surface area contributed by atoms with Gasteiger partial charge in [-0.3, -0.25) is 0 Å². The molecular weight excluding hydrogens is 476 g/mol. The predicted octanol–water partition coefficient (Wildman–Crippen LogP) is 9.89. The highest BCUT2D eigenvalue weighted by molar-refractivity contribution is 6.41. The number of fused-ring (bicyclic) bond motifs is 17. The Hall–Kier alpha value is -5.28. The predicted molar refractivity (Wildman–Crippen MR) is 163 cm³/mol. The molecule has 0 aliphatic heterocycles. The molecule has 11 aromatic rings. The molecule has 0 aliphatic carbocycles. The van der Waals surface area contributed by atoms with Gasteiger partial charge in [0.25, 0.3) is 0 Å². The second kappa shape index (κ2) is 6.06. The van der Waals surface area contributed by atoms with Crippen molar-refractivity contribution in [3.63, 3.8) is 0 Å². The van der Waals surface area contributed by atoms with Crippen LogP contribution in [0, 0.1) is 0 Å². The minimum atomic E-state index is 0.939. The largest absolute Gasteiger partial charge is 0.456 e. The third-order valence-corrected chi connectivity index (χ3v) is 9.14. The minimum absolute atomic E-state index is 0.939. The molecule has 0 amide bonds. The zero-order valence-electron chi connectivity index (χ0n) is 20.7. The number of rotatable bonds is 0. The van der Waals surface area contributed by atoms with Crippen molar-refractivity contribution in [2.24, 2.45) is 0 Å². The topological polar surface area (TPSA) is 22.0 Å². The van der Waals surface area contributed by atoms with Crippen molar-refractivity contribution in [2.75, 3.05) is 0 Å². The van der Waals surface area contributed by atoms with Crippen molar-refractivity contribution in [2.45, 2.75) is 0 Å². The Morgan fingerprint density at radius 3 is 1.64 bits per heavy atom. The Balaban J connectivity index is 1.56. The third kappa shape index (κ3) is 1.92. The molecule has 0 saturated heterocycles. The SMILES string of the molecule is c1ccc2c(c1)oc1cc3c4c5c6ccccc6n6c7ccccc7c(cc4n4c7ccccc7c(c12)c34)c56. The standard InChI is InChI=1S/C36H18N2O/c1-5-13-25-19(9-1)23-17-28-31(33-20-10-2-6-14-26(20)37(25)35(23)33)24-18-30-32(22-12-4-8-16-29(22)39-30)34-21-11-3-7-15-27(21)38(28)36(24)34/h1-18H. The molecule has 0 spiro atoms. The third-order valence-electron chi connectivity index (χ3n) is 9.14. The zero-order chi connectivity index (χ0) is 25.0. The minimum Gasteiger partial charge on any atom is -0.456 e. The fourth-order valence-electron chi connectivity index (χ4n) is 7.77.